The zero-order chi connectivity index (χ0) is 45.4. The van der Waals surface area contributed by atoms with Gasteiger partial charge in [0.05, 0.1) is 42.0 Å². The van der Waals surface area contributed by atoms with E-state index in [1.807, 2.05) is 50.2 Å². The number of hydrogen-bond acceptors (Lipinski definition) is 14. The molecule has 2 aromatic heterocycles. The second kappa shape index (κ2) is 23.3. The van der Waals surface area contributed by atoms with E-state index in [0.29, 0.717) is 67.5 Å². The summed E-state index contributed by atoms with van der Waals surface area (Å²) in [5.41, 5.74) is 14.7. The Bertz CT molecular complexity index is 2180. The summed E-state index contributed by atoms with van der Waals surface area (Å²) in [4.78, 5) is 60.5. The number of rotatable bonds is 8. The highest BCUT2D eigenvalue weighted by molar-refractivity contribution is 5.97. The van der Waals surface area contributed by atoms with Crippen LogP contribution in [0.2, 0.25) is 0 Å². The molecule has 18 nitrogen and oxygen atoms in total. The summed E-state index contributed by atoms with van der Waals surface area (Å²) in [5, 5.41) is 21.3. The van der Waals surface area contributed by atoms with E-state index < -0.39 is 0 Å². The highest BCUT2D eigenvalue weighted by Gasteiger charge is 2.31. The van der Waals surface area contributed by atoms with Crippen LogP contribution >= 0.6 is 0 Å². The first kappa shape index (κ1) is 47.1. The summed E-state index contributed by atoms with van der Waals surface area (Å²) >= 11 is 0. The van der Waals surface area contributed by atoms with E-state index in [2.05, 4.69) is 36.1 Å². The van der Waals surface area contributed by atoms with Gasteiger partial charge in [-0.05, 0) is 74.9 Å². The van der Waals surface area contributed by atoms with Gasteiger partial charge in [-0.25, -0.2) is 4.68 Å². The van der Waals surface area contributed by atoms with Crippen LogP contribution in [-0.2, 0) is 24.0 Å². The highest BCUT2D eigenvalue weighted by atomic mass is 16.5. The zero-order valence-electron chi connectivity index (χ0n) is 36.8. The van der Waals surface area contributed by atoms with E-state index in [9.17, 15) is 24.0 Å². The number of anilines is 3. The number of nitrogen functional groups attached to an aromatic ring is 1. The largest absolute Gasteiger partial charge is 0.490 e. The third-order valence-corrected chi connectivity index (χ3v) is 11.3. The van der Waals surface area contributed by atoms with Crippen LogP contribution in [0.1, 0.15) is 84.5 Å². The van der Waals surface area contributed by atoms with Crippen molar-refractivity contribution in [1.82, 2.24) is 35.5 Å². The van der Waals surface area contributed by atoms with Gasteiger partial charge in [0.25, 0.3) is 0 Å². The quantitative estimate of drug-likeness (QED) is 0.0939. The van der Waals surface area contributed by atoms with Gasteiger partial charge in [-0.3, -0.25) is 34.2 Å². The van der Waals surface area contributed by atoms with Crippen LogP contribution in [0, 0.1) is 5.92 Å². The van der Waals surface area contributed by atoms with Gasteiger partial charge >= 0.3 is 5.97 Å². The number of ether oxygens (including phenoxy) is 2. The molecule has 1 atom stereocenters. The minimum atomic E-state index is -0.305. The maximum absolute atomic E-state index is 13.1. The molecule has 18 heteroatoms. The lowest BCUT2D eigenvalue weighted by Gasteiger charge is -2.39. The van der Waals surface area contributed by atoms with Crippen LogP contribution < -0.4 is 41.8 Å². The summed E-state index contributed by atoms with van der Waals surface area (Å²) in [6.45, 7) is 8.48. The first-order valence-corrected chi connectivity index (χ1v) is 22.3. The molecule has 1 unspecified atom stereocenters. The van der Waals surface area contributed by atoms with Crippen LogP contribution in [-0.4, -0.2) is 106 Å². The number of piperazine rings is 1. The van der Waals surface area contributed by atoms with Crippen molar-refractivity contribution in [3.05, 3.63) is 67.0 Å². The predicted molar refractivity (Wildman–Crippen MR) is 243 cm³/mol. The monoisotopic (exact) mass is 879 g/mol. The van der Waals surface area contributed by atoms with E-state index in [4.69, 9.17) is 20.9 Å². The van der Waals surface area contributed by atoms with Crippen molar-refractivity contribution in [1.29, 1.82) is 0 Å². The maximum Gasteiger partial charge on any atom is 0.311 e. The molecule has 1 aliphatic carbocycles. The number of esters is 1. The molecule has 2 aromatic carbocycles. The fourth-order valence-electron chi connectivity index (χ4n) is 7.98. The number of imide groups is 1. The molecular formula is C46H61N11O7. The average molecular weight is 880 g/mol. The lowest BCUT2D eigenvalue weighted by molar-refractivity contribution is -0.135. The number of nitrogens with one attached hydrogen (secondary N) is 3. The molecule has 4 fully saturated rings. The van der Waals surface area contributed by atoms with E-state index in [-0.39, 0.29) is 47.4 Å². The minimum absolute atomic E-state index is 0.0463. The molecule has 7 N–H and O–H groups in total. The number of nitrogens with two attached hydrogens (primary N) is 2. The molecule has 4 aliphatic heterocycles. The van der Waals surface area contributed by atoms with Gasteiger partial charge < -0.3 is 36.5 Å². The third-order valence-electron chi connectivity index (χ3n) is 11.3. The summed E-state index contributed by atoms with van der Waals surface area (Å²) in [6.07, 6.45) is 13.7. The van der Waals surface area contributed by atoms with Gasteiger partial charge in [-0.2, -0.15) is 5.10 Å². The molecule has 3 saturated heterocycles. The second-order valence-corrected chi connectivity index (χ2v) is 16.7. The van der Waals surface area contributed by atoms with Crippen molar-refractivity contribution >= 4 is 46.8 Å². The van der Waals surface area contributed by atoms with Gasteiger partial charge in [0.15, 0.2) is 5.82 Å². The molecule has 0 radical (unpaired) electrons. The van der Waals surface area contributed by atoms with Crippen molar-refractivity contribution < 1.29 is 33.4 Å². The van der Waals surface area contributed by atoms with E-state index >= 15 is 0 Å². The molecule has 342 valence electrons. The lowest BCUT2D eigenvalue weighted by Crippen LogP contribution is -2.54. The molecule has 0 spiro atoms. The Balaban J connectivity index is 0.000000207. The van der Waals surface area contributed by atoms with Gasteiger partial charge in [0.2, 0.25) is 23.6 Å². The summed E-state index contributed by atoms with van der Waals surface area (Å²) in [5.74, 6) is 1.05. The first-order chi connectivity index (χ1) is 30.9. The molecule has 5 aliphatic rings. The number of nitrogens with zero attached hydrogens (tertiary/aromatic N) is 6. The van der Waals surface area contributed by atoms with E-state index in [0.717, 1.165) is 56.2 Å². The molecule has 4 aromatic rings. The molecule has 0 bridgehead atoms. The number of aromatic nitrogens is 4. The van der Waals surface area contributed by atoms with Crippen molar-refractivity contribution in [2.45, 2.75) is 96.6 Å². The van der Waals surface area contributed by atoms with E-state index in [1.54, 1.807) is 40.2 Å². The predicted octanol–water partition coefficient (Wildman–Crippen LogP) is 4.37. The number of piperidine rings is 1. The van der Waals surface area contributed by atoms with Gasteiger partial charge in [0.1, 0.15) is 23.8 Å². The smallest absolute Gasteiger partial charge is 0.311 e. The number of primary amides is 1. The fourth-order valence-corrected chi connectivity index (χ4v) is 7.98. The van der Waals surface area contributed by atoms with Crippen LogP contribution in [0.5, 0.6) is 11.5 Å². The number of para-hydroxylation sites is 3. The topological polar surface area (TPSA) is 242 Å². The van der Waals surface area contributed by atoms with Crippen molar-refractivity contribution in [3.8, 4) is 28.4 Å². The Morgan fingerprint density at radius 3 is 2.31 bits per heavy atom. The van der Waals surface area contributed by atoms with Gasteiger partial charge in [-0.1, -0.05) is 57.4 Å². The minimum Gasteiger partial charge on any atom is -0.490 e. The standard InChI is InChI=1S/C28H35N7O3.C8H9NO.C5H10N2O.C5H7NO2/c1-19(2)14-27(37)38-25-11-7-6-10-22(25)23-15-24(28(29)32-31-23)35-17-21(16-30-35)34-13-12-33(18-26(34)36)20-8-4-3-5-9-20;1-2-4-8-7(3-1)9-5-6-10-8;6-5(8)4-2-1-3-7-4;7-4-2-1-3-5(8)6-4/h6-7,10-11,15-17,19-20H,3-5,8-9,12-14,18H2,1-2H3,(H2,29,32);1-4,9H,5-6H2;4,7H,1-3H2,(H2,6,8);1-3H2,(H,6,7,8). The number of carbonyl (C=O) groups is 5. The Morgan fingerprint density at radius 2 is 1.66 bits per heavy atom. The molecule has 1 saturated carbocycles. The first-order valence-electron chi connectivity index (χ1n) is 22.3. The molecule has 4 amide bonds. The van der Waals surface area contributed by atoms with Crippen molar-refractivity contribution in [2.75, 3.05) is 55.3 Å². The number of carbonyl (C=O) groups excluding carboxylic acids is 5. The summed E-state index contributed by atoms with van der Waals surface area (Å²) < 4.78 is 12.6. The number of hydrogen-bond donors (Lipinski definition) is 5. The fraction of sp³-hybridized carbons (Fsp3) is 0.478. The molecule has 64 heavy (non-hydrogen) atoms. The van der Waals surface area contributed by atoms with Crippen LogP contribution in [0.25, 0.3) is 16.9 Å². The summed E-state index contributed by atoms with van der Waals surface area (Å²) in [6, 6.07) is 17.4. The second-order valence-electron chi connectivity index (χ2n) is 16.7. The Hall–Kier alpha value is -6.40. The number of benzene rings is 2. The van der Waals surface area contributed by atoms with Gasteiger partial charge in [0, 0.05) is 50.5 Å². The van der Waals surface area contributed by atoms with Crippen molar-refractivity contribution in [3.63, 3.8) is 0 Å². The Labute approximate surface area is 373 Å². The molecule has 6 heterocycles. The van der Waals surface area contributed by atoms with Crippen LogP contribution in [0.15, 0.2) is 67.0 Å². The number of amides is 4. The van der Waals surface area contributed by atoms with Crippen LogP contribution in [0.4, 0.5) is 17.2 Å². The average Bonchev–Trinajstić information content (AvgIpc) is 4.02. The summed E-state index contributed by atoms with van der Waals surface area (Å²) in [7, 11) is 0. The van der Waals surface area contributed by atoms with Gasteiger partial charge in [-0.15, -0.1) is 10.2 Å². The third kappa shape index (κ3) is 13.6. The SMILES string of the molecule is CC(C)CC(=O)Oc1ccccc1-c1cc(-n2cc(N3CCN(C4CCCCC4)CC3=O)cn2)c(N)nn1.NC(=O)C1CCCN1.O=C1CCCC(=O)N1.c1ccc2c(c1)NCCO2. The Kier molecular flexibility index (Phi) is 17.2. The van der Waals surface area contributed by atoms with Crippen LogP contribution in [0.3, 0.4) is 0 Å². The highest BCUT2D eigenvalue weighted by Crippen LogP contribution is 2.32. The number of fused-ring (bicyclic) bond motifs is 1. The van der Waals surface area contributed by atoms with Crippen molar-refractivity contribution in [2.24, 2.45) is 11.7 Å². The normalized spacial score (nSPS) is 18.6. The lowest BCUT2D eigenvalue weighted by atomic mass is 9.94. The Morgan fingerprint density at radius 1 is 0.906 bits per heavy atom. The molecule has 9 rings (SSSR count). The zero-order valence-corrected chi connectivity index (χ0v) is 36.8. The molecular weight excluding hydrogens is 819 g/mol. The maximum atomic E-state index is 13.1. The van der Waals surface area contributed by atoms with E-state index in [1.165, 1.54) is 32.1 Å².